The van der Waals surface area contributed by atoms with Crippen molar-refractivity contribution < 1.29 is 14.5 Å². The monoisotopic (exact) mass is 459 g/mol. The zero-order chi connectivity index (χ0) is 25.0. The lowest BCUT2D eigenvalue weighted by Gasteiger charge is -2.19. The Morgan fingerprint density at radius 2 is 1.74 bits per heavy atom. The first-order chi connectivity index (χ1) is 16.1. The number of hydrogen-bond acceptors (Lipinski definition) is 4. The molecule has 0 heterocycles. The topological polar surface area (TPSA) is 92.6 Å². The van der Waals surface area contributed by atoms with E-state index in [1.165, 1.54) is 29.6 Å². The summed E-state index contributed by atoms with van der Waals surface area (Å²) in [5.74, 6) is -0.664. The average molecular weight is 460 g/mol. The van der Waals surface area contributed by atoms with Crippen LogP contribution in [-0.2, 0) is 6.42 Å². The number of benzene rings is 3. The van der Waals surface area contributed by atoms with Crippen molar-refractivity contribution in [1.29, 1.82) is 0 Å². The molecule has 0 unspecified atom stereocenters. The fourth-order valence-corrected chi connectivity index (χ4v) is 3.92. The number of nitro groups is 1. The molecule has 2 amide bonds. The predicted molar refractivity (Wildman–Crippen MR) is 135 cm³/mol. The number of amides is 2. The highest BCUT2D eigenvalue weighted by Gasteiger charge is 2.29. The summed E-state index contributed by atoms with van der Waals surface area (Å²) >= 11 is 0. The van der Waals surface area contributed by atoms with Gasteiger partial charge >= 0.3 is 5.69 Å². The minimum absolute atomic E-state index is 0.0501. The Hall–Kier alpha value is -4.00. The van der Waals surface area contributed by atoms with Crippen LogP contribution < -0.4 is 10.2 Å². The molecule has 0 fully saturated rings. The van der Waals surface area contributed by atoms with Gasteiger partial charge in [0.05, 0.1) is 4.92 Å². The number of para-hydroxylation sites is 1. The van der Waals surface area contributed by atoms with Crippen molar-refractivity contribution in [2.75, 3.05) is 17.3 Å². The summed E-state index contributed by atoms with van der Waals surface area (Å²) in [6.45, 7) is 8.13. The zero-order valence-electron chi connectivity index (χ0n) is 20.1. The van der Waals surface area contributed by atoms with Gasteiger partial charge in [-0.25, -0.2) is 0 Å². The molecular formula is C27H29N3O4. The van der Waals surface area contributed by atoms with Gasteiger partial charge in [0.15, 0.2) is 0 Å². The third-order valence-electron chi connectivity index (χ3n) is 5.85. The summed E-state index contributed by atoms with van der Waals surface area (Å²) in [6.07, 6.45) is 0.702. The second kappa shape index (κ2) is 10.3. The molecule has 0 saturated carbocycles. The van der Waals surface area contributed by atoms with Crippen LogP contribution in [0.15, 0.2) is 60.7 Å². The quantitative estimate of drug-likeness (QED) is 0.340. The van der Waals surface area contributed by atoms with Gasteiger partial charge in [0.1, 0.15) is 11.3 Å². The van der Waals surface area contributed by atoms with Crippen LogP contribution in [0.1, 0.15) is 64.1 Å². The number of nitro benzene ring substituents is 1. The SMILES string of the molecule is CCc1cc(C(C)C)cc(C)c1NC(=O)c1cccc(N(C)C(=O)c2ccccc2)c1[N+](=O)[O-]. The number of rotatable bonds is 7. The lowest BCUT2D eigenvalue weighted by Crippen LogP contribution is -2.27. The largest absolute Gasteiger partial charge is 0.321 e. The zero-order valence-corrected chi connectivity index (χ0v) is 20.1. The normalized spacial score (nSPS) is 10.8. The summed E-state index contributed by atoms with van der Waals surface area (Å²) in [4.78, 5) is 38.8. The molecule has 0 aliphatic rings. The van der Waals surface area contributed by atoms with Crippen molar-refractivity contribution >= 4 is 28.9 Å². The first kappa shape index (κ1) is 24.6. The lowest BCUT2D eigenvalue weighted by atomic mass is 9.95. The molecule has 3 aromatic rings. The number of carbonyl (C=O) groups is 2. The molecule has 7 heteroatoms. The molecule has 0 aromatic heterocycles. The Balaban J connectivity index is 2.02. The van der Waals surface area contributed by atoms with E-state index in [2.05, 4.69) is 25.2 Å². The van der Waals surface area contributed by atoms with Gasteiger partial charge in [-0.3, -0.25) is 19.7 Å². The molecule has 0 aliphatic heterocycles. The van der Waals surface area contributed by atoms with Gasteiger partial charge in [-0.15, -0.1) is 0 Å². The summed E-state index contributed by atoms with van der Waals surface area (Å²) in [5, 5.41) is 14.9. The van der Waals surface area contributed by atoms with Gasteiger partial charge in [0.2, 0.25) is 0 Å². The third kappa shape index (κ3) is 4.98. The smallest absolute Gasteiger partial charge is 0.305 e. The van der Waals surface area contributed by atoms with Gasteiger partial charge in [0.25, 0.3) is 11.8 Å². The molecule has 7 nitrogen and oxygen atoms in total. The van der Waals surface area contributed by atoms with E-state index in [9.17, 15) is 19.7 Å². The van der Waals surface area contributed by atoms with Gasteiger partial charge in [-0.05, 0) is 60.2 Å². The van der Waals surface area contributed by atoms with Gasteiger partial charge in [-0.2, -0.15) is 0 Å². The van der Waals surface area contributed by atoms with Crippen LogP contribution in [-0.4, -0.2) is 23.8 Å². The van der Waals surface area contributed by atoms with Crippen molar-refractivity contribution in [3.8, 4) is 0 Å². The second-order valence-corrected chi connectivity index (χ2v) is 8.49. The Labute approximate surface area is 199 Å². The fraction of sp³-hybridized carbons (Fsp3) is 0.259. The van der Waals surface area contributed by atoms with E-state index in [1.54, 1.807) is 36.4 Å². The second-order valence-electron chi connectivity index (χ2n) is 8.49. The maximum absolute atomic E-state index is 13.3. The molecular weight excluding hydrogens is 430 g/mol. The molecule has 34 heavy (non-hydrogen) atoms. The van der Waals surface area contributed by atoms with Crippen LogP contribution in [0.25, 0.3) is 0 Å². The van der Waals surface area contributed by atoms with Crippen molar-refractivity contribution in [2.24, 2.45) is 0 Å². The molecule has 0 saturated heterocycles. The van der Waals surface area contributed by atoms with E-state index in [0.717, 1.165) is 11.1 Å². The van der Waals surface area contributed by atoms with Crippen LogP contribution >= 0.6 is 0 Å². The van der Waals surface area contributed by atoms with Crippen LogP contribution in [0, 0.1) is 17.0 Å². The van der Waals surface area contributed by atoms with Crippen LogP contribution in [0.4, 0.5) is 17.1 Å². The maximum atomic E-state index is 13.3. The minimum atomic E-state index is -0.617. The van der Waals surface area contributed by atoms with Crippen molar-refractivity contribution in [1.82, 2.24) is 0 Å². The van der Waals surface area contributed by atoms with E-state index in [4.69, 9.17) is 0 Å². The average Bonchev–Trinajstić information content (AvgIpc) is 2.83. The van der Waals surface area contributed by atoms with E-state index in [0.29, 0.717) is 23.6 Å². The van der Waals surface area contributed by atoms with Crippen molar-refractivity contribution in [2.45, 2.75) is 40.0 Å². The maximum Gasteiger partial charge on any atom is 0.305 e. The number of nitrogens with one attached hydrogen (secondary N) is 1. The van der Waals surface area contributed by atoms with E-state index in [-0.39, 0.29) is 11.3 Å². The lowest BCUT2D eigenvalue weighted by molar-refractivity contribution is -0.384. The van der Waals surface area contributed by atoms with Gasteiger partial charge < -0.3 is 10.2 Å². The number of nitrogens with zero attached hydrogens (tertiary/aromatic N) is 2. The summed E-state index contributed by atoms with van der Waals surface area (Å²) in [5.41, 5.74) is 3.60. The van der Waals surface area contributed by atoms with Crippen molar-refractivity contribution in [3.63, 3.8) is 0 Å². The highest BCUT2D eigenvalue weighted by Crippen LogP contribution is 2.34. The molecule has 0 bridgehead atoms. The molecule has 0 aliphatic carbocycles. The molecule has 3 aromatic carbocycles. The van der Waals surface area contributed by atoms with Crippen LogP contribution in [0.5, 0.6) is 0 Å². The Morgan fingerprint density at radius 3 is 2.32 bits per heavy atom. The van der Waals surface area contributed by atoms with E-state index in [1.807, 2.05) is 19.9 Å². The van der Waals surface area contributed by atoms with Crippen LogP contribution in [0.3, 0.4) is 0 Å². The first-order valence-electron chi connectivity index (χ1n) is 11.2. The standard InChI is InChI=1S/C27H29N3O4/c1-6-19-16-21(17(2)3)15-18(4)24(19)28-26(31)22-13-10-14-23(25(22)30(33)34)29(5)27(32)20-11-8-7-9-12-20/h7-17H,6H2,1-5H3,(H,28,31). The molecule has 3 rings (SSSR count). The highest BCUT2D eigenvalue weighted by molar-refractivity contribution is 6.12. The summed E-state index contributed by atoms with van der Waals surface area (Å²) < 4.78 is 0. The predicted octanol–water partition coefficient (Wildman–Crippen LogP) is 6.12. The number of aryl methyl sites for hydroxylation is 2. The number of anilines is 2. The molecule has 176 valence electrons. The summed E-state index contributed by atoms with van der Waals surface area (Å²) in [7, 11) is 1.46. The Bertz CT molecular complexity index is 1240. The van der Waals surface area contributed by atoms with Gasteiger partial charge in [-0.1, -0.05) is 57.2 Å². The first-order valence-corrected chi connectivity index (χ1v) is 11.2. The summed E-state index contributed by atoms with van der Waals surface area (Å²) in [6, 6.07) is 17.0. The molecule has 0 spiro atoms. The van der Waals surface area contributed by atoms with E-state index < -0.39 is 22.4 Å². The van der Waals surface area contributed by atoms with Crippen LogP contribution in [0.2, 0.25) is 0 Å². The Morgan fingerprint density at radius 1 is 1.06 bits per heavy atom. The molecule has 0 radical (unpaired) electrons. The van der Waals surface area contributed by atoms with E-state index >= 15 is 0 Å². The number of hydrogen-bond donors (Lipinski definition) is 1. The number of carbonyl (C=O) groups excluding carboxylic acids is 2. The fourth-order valence-electron chi connectivity index (χ4n) is 3.92. The van der Waals surface area contributed by atoms with Gasteiger partial charge in [0, 0.05) is 18.3 Å². The highest BCUT2D eigenvalue weighted by atomic mass is 16.6. The Kier molecular flexibility index (Phi) is 7.46. The molecule has 0 atom stereocenters. The minimum Gasteiger partial charge on any atom is -0.321 e. The van der Waals surface area contributed by atoms with Crippen molar-refractivity contribution in [3.05, 3.63) is 98.6 Å². The molecule has 1 N–H and O–H groups in total. The third-order valence-corrected chi connectivity index (χ3v) is 5.85.